The van der Waals surface area contributed by atoms with E-state index in [-0.39, 0.29) is 10.9 Å². The molecule has 0 aliphatic rings. The summed E-state index contributed by atoms with van der Waals surface area (Å²) in [6.07, 6.45) is 0. The molecule has 0 aliphatic heterocycles. The van der Waals surface area contributed by atoms with E-state index in [0.717, 1.165) is 16.8 Å². The molecule has 0 aromatic rings. The van der Waals surface area contributed by atoms with Gasteiger partial charge in [-0.3, -0.25) is 4.79 Å². The summed E-state index contributed by atoms with van der Waals surface area (Å²) in [7, 11) is 0.914. The molecule has 0 fully saturated rings. The van der Waals surface area contributed by atoms with Crippen LogP contribution in [0.3, 0.4) is 0 Å². The Hall–Kier alpha value is -0.313. The van der Waals surface area contributed by atoms with Crippen molar-refractivity contribution in [3.05, 3.63) is 0 Å². The topological polar surface area (TPSA) is 29.1 Å². The Labute approximate surface area is 59.4 Å². The predicted molar refractivity (Wildman–Crippen MR) is 42.7 cm³/mol. The highest BCUT2D eigenvalue weighted by atomic mass is 28.1. The molecule has 0 saturated carbocycles. The van der Waals surface area contributed by atoms with Crippen LogP contribution in [-0.2, 0) is 4.79 Å². The Morgan fingerprint density at radius 1 is 1.67 bits per heavy atom. The van der Waals surface area contributed by atoms with Crippen molar-refractivity contribution >= 4 is 16.1 Å². The molecule has 3 heteroatoms. The van der Waals surface area contributed by atoms with E-state index in [1.54, 1.807) is 0 Å². The average Bonchev–Trinajstić information content (AvgIpc) is 1.64. The van der Waals surface area contributed by atoms with E-state index in [1.807, 2.05) is 20.8 Å². The lowest BCUT2D eigenvalue weighted by atomic mass is 10.2. The molecular formula is C6H15NOSi. The lowest BCUT2D eigenvalue weighted by Gasteiger charge is -2.16. The molecule has 1 amide bonds. The number of hydrogen-bond donors (Lipinski definition) is 1. The maximum absolute atomic E-state index is 11.0. The fraction of sp³-hybridized carbons (Fsp3) is 0.833. The second-order valence-corrected chi connectivity index (χ2v) is 5.61. The Morgan fingerprint density at radius 2 is 2.11 bits per heavy atom. The summed E-state index contributed by atoms with van der Waals surface area (Å²) in [5.74, 6) is 0.177. The van der Waals surface area contributed by atoms with Gasteiger partial charge in [-0.15, -0.1) is 0 Å². The maximum atomic E-state index is 11.0. The lowest BCUT2D eigenvalue weighted by Crippen LogP contribution is -2.32. The molecule has 0 aromatic heterocycles. The van der Waals surface area contributed by atoms with E-state index < -0.39 is 0 Å². The molecule has 2 nitrogen and oxygen atoms in total. The first kappa shape index (κ1) is 8.69. The molecule has 1 N–H and O–H groups in total. The summed E-state index contributed by atoms with van der Waals surface area (Å²) < 4.78 is 0. The highest BCUT2D eigenvalue weighted by Crippen LogP contribution is 2.16. The van der Waals surface area contributed by atoms with Crippen molar-refractivity contribution < 1.29 is 4.79 Å². The van der Waals surface area contributed by atoms with E-state index in [1.165, 1.54) is 0 Å². The van der Waals surface area contributed by atoms with Gasteiger partial charge in [-0.1, -0.05) is 13.8 Å². The zero-order valence-electron chi connectivity index (χ0n) is 6.62. The number of hydrogen-bond acceptors (Lipinski definition) is 1. The van der Waals surface area contributed by atoms with Gasteiger partial charge in [0, 0.05) is 21.8 Å². The Morgan fingerprint density at radius 3 is 2.22 bits per heavy atom. The molecule has 54 valence electrons. The smallest absolute Gasteiger partial charge is 0.221 e. The molecular weight excluding hydrogens is 130 g/mol. The van der Waals surface area contributed by atoms with Gasteiger partial charge in [-0.25, -0.2) is 0 Å². The number of amides is 1. The molecule has 0 atom stereocenters. The highest BCUT2D eigenvalue weighted by molar-refractivity contribution is 6.27. The molecule has 0 rings (SSSR count). The number of nitrogens with one attached hydrogen (secondary N) is 1. The largest absolute Gasteiger partial charge is 0.356 e. The molecule has 0 radical (unpaired) electrons. The van der Waals surface area contributed by atoms with E-state index >= 15 is 0 Å². The average molecular weight is 145 g/mol. The Balaban J connectivity index is 3.74. The quantitative estimate of drug-likeness (QED) is 0.530. The van der Waals surface area contributed by atoms with Crippen molar-refractivity contribution in [2.75, 3.05) is 6.54 Å². The first-order chi connectivity index (χ1) is 3.98. The van der Waals surface area contributed by atoms with Gasteiger partial charge in [0.1, 0.15) is 0 Å². The lowest BCUT2D eigenvalue weighted by molar-refractivity contribution is -0.123. The van der Waals surface area contributed by atoms with Crippen LogP contribution in [-0.4, -0.2) is 22.7 Å². The zero-order valence-corrected chi connectivity index (χ0v) is 8.62. The van der Waals surface area contributed by atoms with Gasteiger partial charge >= 0.3 is 0 Å². The summed E-state index contributed by atoms with van der Waals surface area (Å²) >= 11 is 0. The SMILES string of the molecule is CCNC(=O)C(C)(C)[SiH3]. The van der Waals surface area contributed by atoms with E-state index in [0.29, 0.717) is 0 Å². The van der Waals surface area contributed by atoms with Gasteiger partial charge in [-0.2, -0.15) is 0 Å². The first-order valence-electron chi connectivity index (χ1n) is 3.26. The van der Waals surface area contributed by atoms with E-state index in [2.05, 4.69) is 5.32 Å². The fourth-order valence-electron chi connectivity index (χ4n) is 0.426. The predicted octanol–water partition coefficient (Wildman–Crippen LogP) is -0.314. The fourth-order valence-corrected chi connectivity index (χ4v) is 0.602. The van der Waals surface area contributed by atoms with E-state index in [4.69, 9.17) is 0 Å². The first-order valence-corrected chi connectivity index (χ1v) is 4.26. The van der Waals surface area contributed by atoms with Crippen LogP contribution in [0.15, 0.2) is 0 Å². The molecule has 0 saturated heterocycles. The minimum absolute atomic E-state index is 0.101. The molecule has 0 bridgehead atoms. The third-order valence-corrected chi connectivity index (χ3v) is 1.47. The van der Waals surface area contributed by atoms with Crippen LogP contribution < -0.4 is 5.32 Å². The summed E-state index contributed by atoms with van der Waals surface area (Å²) in [5, 5.41) is 2.68. The molecule has 0 aromatic carbocycles. The van der Waals surface area contributed by atoms with Gasteiger partial charge in [0.2, 0.25) is 5.91 Å². The summed E-state index contributed by atoms with van der Waals surface area (Å²) in [5.41, 5.74) is 0. The van der Waals surface area contributed by atoms with Crippen LogP contribution in [0.25, 0.3) is 0 Å². The van der Waals surface area contributed by atoms with Gasteiger partial charge in [0.05, 0.1) is 0 Å². The molecule has 9 heavy (non-hydrogen) atoms. The van der Waals surface area contributed by atoms with Crippen LogP contribution in [0.4, 0.5) is 0 Å². The summed E-state index contributed by atoms with van der Waals surface area (Å²) in [6, 6.07) is 0. The van der Waals surface area contributed by atoms with Gasteiger partial charge in [0.15, 0.2) is 0 Å². The van der Waals surface area contributed by atoms with Gasteiger partial charge < -0.3 is 5.32 Å². The molecule has 0 heterocycles. The van der Waals surface area contributed by atoms with Crippen molar-refractivity contribution in [1.82, 2.24) is 5.32 Å². The Bertz CT molecular complexity index is 106. The van der Waals surface area contributed by atoms with Crippen LogP contribution >= 0.6 is 0 Å². The van der Waals surface area contributed by atoms with Gasteiger partial charge in [0.25, 0.3) is 0 Å². The van der Waals surface area contributed by atoms with Crippen molar-refractivity contribution in [3.63, 3.8) is 0 Å². The van der Waals surface area contributed by atoms with Crippen LogP contribution in [0.1, 0.15) is 20.8 Å². The second kappa shape index (κ2) is 3.01. The summed E-state index contributed by atoms with van der Waals surface area (Å²) in [4.78, 5) is 11.0. The second-order valence-electron chi connectivity index (χ2n) is 3.11. The number of rotatable bonds is 2. The zero-order chi connectivity index (χ0) is 7.49. The number of carbonyl (C=O) groups is 1. The van der Waals surface area contributed by atoms with Crippen LogP contribution in [0.5, 0.6) is 0 Å². The minimum atomic E-state index is -0.101. The molecule has 0 spiro atoms. The Kier molecular flexibility index (Phi) is 2.90. The van der Waals surface area contributed by atoms with Crippen molar-refractivity contribution in [2.45, 2.75) is 25.8 Å². The van der Waals surface area contributed by atoms with Crippen molar-refractivity contribution in [1.29, 1.82) is 0 Å². The maximum Gasteiger partial charge on any atom is 0.221 e. The molecule has 0 aliphatic carbocycles. The monoisotopic (exact) mass is 145 g/mol. The third kappa shape index (κ3) is 3.29. The standard InChI is InChI=1S/C6H15NOSi/c1-4-7-5(8)6(2,3)9/h4H2,1-3,9H3,(H,7,8). The van der Waals surface area contributed by atoms with Gasteiger partial charge in [-0.05, 0) is 6.92 Å². The number of carbonyl (C=O) groups excluding carboxylic acids is 1. The summed E-state index contributed by atoms with van der Waals surface area (Å²) in [6.45, 7) is 6.60. The van der Waals surface area contributed by atoms with Crippen molar-refractivity contribution in [3.8, 4) is 0 Å². The third-order valence-electron chi connectivity index (χ3n) is 1.02. The molecule has 0 unspecified atom stereocenters. The van der Waals surface area contributed by atoms with Crippen LogP contribution in [0.2, 0.25) is 5.04 Å². The van der Waals surface area contributed by atoms with E-state index in [9.17, 15) is 4.79 Å². The minimum Gasteiger partial charge on any atom is -0.356 e. The van der Waals surface area contributed by atoms with Crippen molar-refractivity contribution in [2.24, 2.45) is 0 Å². The highest BCUT2D eigenvalue weighted by Gasteiger charge is 2.19. The normalized spacial score (nSPS) is 11.4. The van der Waals surface area contributed by atoms with Crippen LogP contribution in [0, 0.1) is 0 Å².